The number of anilines is 1. The standard InChI is InChI=1S/C19H19FN2O3S/c1-13-9-15(20)7-8-16(13)21-18(23)17-11-26-12-22(17)19(24)25-10-14-5-3-2-4-6-14/h2-9,17H,10-12H2,1H3,(H,21,23)/t17-/m1/s1. The van der Waals surface area contributed by atoms with Crippen molar-refractivity contribution in [3.63, 3.8) is 0 Å². The molecule has 2 amide bonds. The van der Waals surface area contributed by atoms with E-state index in [1.54, 1.807) is 6.92 Å². The highest BCUT2D eigenvalue weighted by Gasteiger charge is 2.35. The Balaban J connectivity index is 1.61. The van der Waals surface area contributed by atoms with Crippen LogP contribution in [0.25, 0.3) is 0 Å². The lowest BCUT2D eigenvalue weighted by molar-refractivity contribution is -0.119. The van der Waals surface area contributed by atoms with Gasteiger partial charge in [-0.15, -0.1) is 11.8 Å². The Morgan fingerprint density at radius 2 is 2.04 bits per heavy atom. The lowest BCUT2D eigenvalue weighted by Gasteiger charge is -2.22. The molecule has 1 heterocycles. The van der Waals surface area contributed by atoms with Crippen LogP contribution in [0, 0.1) is 12.7 Å². The van der Waals surface area contributed by atoms with E-state index in [2.05, 4.69) is 5.32 Å². The number of hydrogen-bond donors (Lipinski definition) is 1. The molecule has 0 spiro atoms. The minimum Gasteiger partial charge on any atom is -0.445 e. The van der Waals surface area contributed by atoms with E-state index in [9.17, 15) is 14.0 Å². The van der Waals surface area contributed by atoms with E-state index in [-0.39, 0.29) is 18.3 Å². The predicted molar refractivity (Wildman–Crippen MR) is 99.3 cm³/mol. The van der Waals surface area contributed by atoms with E-state index in [4.69, 9.17) is 4.74 Å². The molecule has 5 nitrogen and oxygen atoms in total. The maximum Gasteiger partial charge on any atom is 0.411 e. The molecule has 0 aromatic heterocycles. The summed E-state index contributed by atoms with van der Waals surface area (Å²) in [6, 6.07) is 12.9. The lowest BCUT2D eigenvalue weighted by Crippen LogP contribution is -2.44. The number of halogens is 1. The van der Waals surface area contributed by atoms with Crippen molar-refractivity contribution in [3.05, 3.63) is 65.5 Å². The number of rotatable bonds is 4. The van der Waals surface area contributed by atoms with Crippen LogP contribution in [0.1, 0.15) is 11.1 Å². The maximum absolute atomic E-state index is 13.2. The van der Waals surface area contributed by atoms with Gasteiger partial charge in [0.15, 0.2) is 0 Å². The molecule has 1 aliphatic rings. The quantitative estimate of drug-likeness (QED) is 0.885. The Morgan fingerprint density at radius 1 is 1.27 bits per heavy atom. The summed E-state index contributed by atoms with van der Waals surface area (Å²) in [5, 5.41) is 2.77. The van der Waals surface area contributed by atoms with Crippen molar-refractivity contribution < 1.29 is 18.7 Å². The second-order valence-electron chi connectivity index (χ2n) is 5.97. The van der Waals surface area contributed by atoms with Gasteiger partial charge in [-0.05, 0) is 36.2 Å². The predicted octanol–water partition coefficient (Wildman–Crippen LogP) is 3.78. The van der Waals surface area contributed by atoms with Crippen molar-refractivity contribution in [2.24, 2.45) is 0 Å². The topological polar surface area (TPSA) is 58.6 Å². The van der Waals surface area contributed by atoms with Crippen molar-refractivity contribution in [1.29, 1.82) is 0 Å². The van der Waals surface area contributed by atoms with E-state index in [0.29, 0.717) is 22.9 Å². The van der Waals surface area contributed by atoms with E-state index in [1.807, 2.05) is 30.3 Å². The van der Waals surface area contributed by atoms with Crippen LogP contribution in [0.2, 0.25) is 0 Å². The number of carbonyl (C=O) groups is 2. The van der Waals surface area contributed by atoms with Gasteiger partial charge in [-0.3, -0.25) is 9.69 Å². The third kappa shape index (κ3) is 4.35. The van der Waals surface area contributed by atoms with E-state index in [0.717, 1.165) is 5.56 Å². The van der Waals surface area contributed by atoms with Crippen LogP contribution in [0.4, 0.5) is 14.9 Å². The molecule has 0 saturated carbocycles. The van der Waals surface area contributed by atoms with E-state index in [1.165, 1.54) is 34.9 Å². The third-order valence-electron chi connectivity index (χ3n) is 4.07. The van der Waals surface area contributed by atoms with Crippen LogP contribution < -0.4 is 5.32 Å². The molecule has 136 valence electrons. The number of hydrogen-bond acceptors (Lipinski definition) is 4. The van der Waals surface area contributed by atoms with Crippen molar-refractivity contribution >= 4 is 29.4 Å². The Kier molecular flexibility index (Phi) is 5.78. The SMILES string of the molecule is Cc1cc(F)ccc1NC(=O)[C@H]1CSCN1C(=O)OCc1ccccc1. The van der Waals surface area contributed by atoms with Gasteiger partial charge in [0.1, 0.15) is 18.5 Å². The first-order chi connectivity index (χ1) is 12.5. The van der Waals surface area contributed by atoms with Gasteiger partial charge in [0, 0.05) is 11.4 Å². The first-order valence-corrected chi connectivity index (χ1v) is 9.32. The van der Waals surface area contributed by atoms with Crippen LogP contribution in [0.15, 0.2) is 48.5 Å². The summed E-state index contributed by atoms with van der Waals surface area (Å²) in [6.45, 7) is 1.88. The van der Waals surface area contributed by atoms with Crippen molar-refractivity contribution in [1.82, 2.24) is 4.90 Å². The Hall–Kier alpha value is -2.54. The highest BCUT2D eigenvalue weighted by Crippen LogP contribution is 2.24. The van der Waals surface area contributed by atoms with Gasteiger partial charge < -0.3 is 10.1 Å². The van der Waals surface area contributed by atoms with E-state index < -0.39 is 12.1 Å². The van der Waals surface area contributed by atoms with Crippen LogP contribution in [0.3, 0.4) is 0 Å². The first kappa shape index (κ1) is 18.3. The summed E-state index contributed by atoms with van der Waals surface area (Å²) >= 11 is 1.49. The summed E-state index contributed by atoms with van der Waals surface area (Å²) < 4.78 is 18.5. The molecule has 1 aliphatic heterocycles. The average Bonchev–Trinajstić information content (AvgIpc) is 3.13. The highest BCUT2D eigenvalue weighted by molar-refractivity contribution is 7.99. The molecule has 0 radical (unpaired) electrons. The van der Waals surface area contributed by atoms with Gasteiger partial charge in [-0.2, -0.15) is 0 Å². The van der Waals surface area contributed by atoms with Crippen LogP contribution in [0.5, 0.6) is 0 Å². The highest BCUT2D eigenvalue weighted by atomic mass is 32.2. The molecule has 0 bridgehead atoms. The Labute approximate surface area is 155 Å². The normalized spacial score (nSPS) is 16.4. The molecular formula is C19H19FN2O3S. The Morgan fingerprint density at radius 3 is 2.77 bits per heavy atom. The summed E-state index contributed by atoms with van der Waals surface area (Å²) in [7, 11) is 0. The van der Waals surface area contributed by atoms with Crippen LogP contribution in [-0.2, 0) is 16.1 Å². The van der Waals surface area contributed by atoms with Crippen LogP contribution in [-0.4, -0.2) is 34.6 Å². The van der Waals surface area contributed by atoms with Gasteiger partial charge in [0.2, 0.25) is 5.91 Å². The number of amides is 2. The summed E-state index contributed by atoms with van der Waals surface area (Å²) in [6.07, 6.45) is -0.519. The fourth-order valence-electron chi connectivity index (χ4n) is 2.63. The Bertz CT molecular complexity index is 801. The second kappa shape index (κ2) is 8.23. The zero-order chi connectivity index (χ0) is 18.5. The molecule has 1 saturated heterocycles. The minimum absolute atomic E-state index is 0.159. The second-order valence-corrected chi connectivity index (χ2v) is 6.97. The average molecular weight is 374 g/mol. The molecule has 1 fully saturated rings. The number of benzene rings is 2. The molecule has 1 atom stereocenters. The number of aryl methyl sites for hydroxylation is 1. The zero-order valence-corrected chi connectivity index (χ0v) is 15.1. The molecule has 0 unspecified atom stereocenters. The molecule has 0 aliphatic carbocycles. The number of ether oxygens (including phenoxy) is 1. The van der Waals surface area contributed by atoms with Crippen molar-refractivity contribution in [2.45, 2.75) is 19.6 Å². The van der Waals surface area contributed by atoms with Crippen molar-refractivity contribution in [3.8, 4) is 0 Å². The third-order valence-corrected chi connectivity index (χ3v) is 5.08. The number of thioether (sulfide) groups is 1. The summed E-state index contributed by atoms with van der Waals surface area (Å²) in [5.41, 5.74) is 2.05. The van der Waals surface area contributed by atoms with Gasteiger partial charge in [-0.25, -0.2) is 9.18 Å². The largest absolute Gasteiger partial charge is 0.445 e. The zero-order valence-electron chi connectivity index (χ0n) is 14.3. The van der Waals surface area contributed by atoms with Gasteiger partial charge in [0.25, 0.3) is 0 Å². The molecule has 26 heavy (non-hydrogen) atoms. The lowest BCUT2D eigenvalue weighted by atomic mass is 10.2. The fraction of sp³-hybridized carbons (Fsp3) is 0.263. The molecule has 2 aromatic rings. The van der Waals surface area contributed by atoms with Gasteiger partial charge >= 0.3 is 6.09 Å². The molecule has 2 aromatic carbocycles. The van der Waals surface area contributed by atoms with E-state index >= 15 is 0 Å². The number of nitrogens with one attached hydrogen (secondary N) is 1. The maximum atomic E-state index is 13.2. The number of nitrogens with zero attached hydrogens (tertiary/aromatic N) is 1. The monoisotopic (exact) mass is 374 g/mol. The van der Waals surface area contributed by atoms with Crippen molar-refractivity contribution in [2.75, 3.05) is 16.9 Å². The number of carbonyl (C=O) groups excluding carboxylic acids is 2. The smallest absolute Gasteiger partial charge is 0.411 e. The van der Waals surface area contributed by atoms with Gasteiger partial charge in [-0.1, -0.05) is 30.3 Å². The fourth-order valence-corrected chi connectivity index (χ4v) is 3.77. The van der Waals surface area contributed by atoms with Crippen LogP contribution >= 0.6 is 11.8 Å². The first-order valence-electron chi connectivity index (χ1n) is 8.16. The molecule has 3 rings (SSSR count). The minimum atomic E-state index is -0.618. The summed E-state index contributed by atoms with van der Waals surface area (Å²) in [4.78, 5) is 26.4. The molecule has 7 heteroatoms. The molecule has 1 N–H and O–H groups in total. The summed E-state index contributed by atoms with van der Waals surface area (Å²) in [5.74, 6) is 0.227. The molecular weight excluding hydrogens is 355 g/mol. The van der Waals surface area contributed by atoms with Gasteiger partial charge in [0.05, 0.1) is 5.88 Å².